The molecule has 0 saturated carbocycles. The van der Waals surface area contributed by atoms with E-state index in [4.69, 9.17) is 0 Å². The van der Waals surface area contributed by atoms with Crippen LogP contribution in [-0.2, 0) is 0 Å². The minimum absolute atomic E-state index is 0.301. The highest BCUT2D eigenvalue weighted by Crippen LogP contribution is 2.51. The van der Waals surface area contributed by atoms with E-state index in [1.807, 2.05) is 0 Å². The molecule has 1 unspecified atom stereocenters. The van der Waals surface area contributed by atoms with Crippen molar-refractivity contribution in [1.82, 2.24) is 0 Å². The Morgan fingerprint density at radius 3 is 2.44 bits per heavy atom. The van der Waals surface area contributed by atoms with Gasteiger partial charge >= 0.3 is 0 Å². The average Bonchev–Trinajstić information content (AvgIpc) is 1.80. The van der Waals surface area contributed by atoms with E-state index in [1.165, 1.54) is 11.9 Å². The first-order valence-corrected chi connectivity index (χ1v) is 6.76. The second-order valence-electron chi connectivity index (χ2n) is 2.62. The van der Waals surface area contributed by atoms with E-state index in [1.54, 1.807) is 11.1 Å². The van der Waals surface area contributed by atoms with Crippen LogP contribution in [0.2, 0.25) is 0 Å². The normalized spacial score (nSPS) is 29.0. The zero-order chi connectivity index (χ0) is 6.85. The van der Waals surface area contributed by atoms with Gasteiger partial charge in [0.2, 0.25) is 0 Å². The van der Waals surface area contributed by atoms with Crippen LogP contribution < -0.4 is 0 Å². The highest BCUT2D eigenvalue weighted by molar-refractivity contribution is 8.55. The molecule has 0 radical (unpaired) electrons. The summed E-state index contributed by atoms with van der Waals surface area (Å²) in [5.41, 5.74) is 3.25. The van der Waals surface area contributed by atoms with E-state index >= 15 is 0 Å². The molecule has 0 aromatic carbocycles. The fourth-order valence-electron chi connectivity index (χ4n) is 0.845. The second kappa shape index (κ2) is 3.07. The van der Waals surface area contributed by atoms with Crippen molar-refractivity contribution >= 4 is 18.5 Å². The van der Waals surface area contributed by atoms with Crippen LogP contribution in [-0.4, -0.2) is 18.6 Å². The van der Waals surface area contributed by atoms with E-state index in [-0.39, 0.29) is 0 Å². The minimum Gasteiger partial charge on any atom is -0.130 e. The maximum absolute atomic E-state index is 2.37. The Bertz CT molecular complexity index is 140. The summed E-state index contributed by atoms with van der Waals surface area (Å²) in [4.78, 5) is 0. The summed E-state index contributed by atoms with van der Waals surface area (Å²) in [5.74, 6) is 1.29. The molecule has 52 valence electrons. The molecule has 1 rings (SSSR count). The molecule has 0 N–H and O–H groups in total. The Balaban J connectivity index is 2.61. The highest BCUT2D eigenvalue weighted by Gasteiger charge is 2.10. The zero-order valence-electron chi connectivity index (χ0n) is 6.27. The lowest BCUT2D eigenvalue weighted by Crippen LogP contribution is -1.97. The topological polar surface area (TPSA) is 0 Å². The van der Waals surface area contributed by atoms with Crippen LogP contribution >= 0.6 is 18.5 Å². The molecule has 0 nitrogen and oxygen atoms in total. The molecule has 0 aliphatic carbocycles. The standard InChI is InChI=1S/C7H13PS/c1-6-4-8(3)9-5-7(6)2/h4-5H2,1-3H3. The molecule has 1 heterocycles. The van der Waals surface area contributed by atoms with Crippen molar-refractivity contribution in [3.8, 4) is 0 Å². The fraction of sp³-hybridized carbons (Fsp3) is 0.714. The predicted molar refractivity (Wildman–Crippen MR) is 48.5 cm³/mol. The summed E-state index contributed by atoms with van der Waals surface area (Å²) in [6.45, 7) is 6.90. The summed E-state index contributed by atoms with van der Waals surface area (Å²) in [6.07, 6.45) is 1.37. The van der Waals surface area contributed by atoms with Crippen molar-refractivity contribution in [2.45, 2.75) is 13.8 Å². The van der Waals surface area contributed by atoms with Gasteiger partial charge in [0.1, 0.15) is 0 Å². The minimum atomic E-state index is 0.301. The zero-order valence-corrected chi connectivity index (χ0v) is 7.98. The quantitative estimate of drug-likeness (QED) is 0.387. The van der Waals surface area contributed by atoms with E-state index in [0.29, 0.717) is 7.12 Å². The number of hydrogen-bond donors (Lipinski definition) is 0. The van der Waals surface area contributed by atoms with Crippen LogP contribution in [0.4, 0.5) is 0 Å². The molecule has 1 aliphatic heterocycles. The van der Waals surface area contributed by atoms with E-state index < -0.39 is 0 Å². The third-order valence-electron chi connectivity index (χ3n) is 1.69. The Kier molecular flexibility index (Phi) is 2.60. The molecule has 0 spiro atoms. The van der Waals surface area contributed by atoms with Gasteiger partial charge < -0.3 is 0 Å². The lowest BCUT2D eigenvalue weighted by molar-refractivity contribution is 1.24. The Hall–Kier alpha value is 0.520. The van der Waals surface area contributed by atoms with Crippen molar-refractivity contribution in [3.63, 3.8) is 0 Å². The van der Waals surface area contributed by atoms with Gasteiger partial charge in [-0.2, -0.15) is 0 Å². The summed E-state index contributed by atoms with van der Waals surface area (Å²) < 4.78 is 0. The monoisotopic (exact) mass is 160 g/mol. The van der Waals surface area contributed by atoms with Gasteiger partial charge in [-0.1, -0.05) is 11.1 Å². The van der Waals surface area contributed by atoms with Crippen molar-refractivity contribution in [2.75, 3.05) is 18.6 Å². The van der Waals surface area contributed by atoms with Gasteiger partial charge in [-0.3, -0.25) is 0 Å². The largest absolute Gasteiger partial charge is 0.130 e. The second-order valence-corrected chi connectivity index (χ2v) is 7.38. The molecular formula is C7H13PS. The third-order valence-corrected chi connectivity index (χ3v) is 5.71. The Morgan fingerprint density at radius 1 is 1.33 bits per heavy atom. The smallest absolute Gasteiger partial charge is 0.0184 e. The van der Waals surface area contributed by atoms with E-state index in [0.717, 1.165) is 0 Å². The maximum atomic E-state index is 2.37. The summed E-state index contributed by atoms with van der Waals surface area (Å²) >= 11 is 2.14. The molecule has 0 bridgehead atoms. The van der Waals surface area contributed by atoms with Crippen LogP contribution in [0.3, 0.4) is 0 Å². The van der Waals surface area contributed by atoms with Gasteiger partial charge in [0, 0.05) is 5.75 Å². The molecule has 9 heavy (non-hydrogen) atoms. The van der Waals surface area contributed by atoms with Gasteiger partial charge in [-0.15, -0.1) is 11.4 Å². The van der Waals surface area contributed by atoms with Gasteiger partial charge in [0.15, 0.2) is 0 Å². The van der Waals surface area contributed by atoms with Gasteiger partial charge in [-0.05, 0) is 33.8 Å². The molecule has 0 aromatic rings. The highest BCUT2D eigenvalue weighted by atomic mass is 32.7. The first-order chi connectivity index (χ1) is 4.20. The molecule has 1 atom stereocenters. The van der Waals surface area contributed by atoms with Crippen molar-refractivity contribution in [1.29, 1.82) is 0 Å². The SMILES string of the molecule is CC1=C(C)CP(C)SC1. The van der Waals surface area contributed by atoms with Gasteiger partial charge in [0.25, 0.3) is 0 Å². The van der Waals surface area contributed by atoms with Crippen LogP contribution in [0.1, 0.15) is 13.8 Å². The summed E-state index contributed by atoms with van der Waals surface area (Å²) in [6, 6.07) is 0. The molecule has 0 fully saturated rings. The number of hydrogen-bond acceptors (Lipinski definition) is 1. The average molecular weight is 160 g/mol. The first kappa shape index (κ1) is 7.63. The summed E-state index contributed by atoms with van der Waals surface area (Å²) in [7, 11) is 0.301. The fourth-order valence-corrected chi connectivity index (χ4v) is 4.63. The molecule has 2 heteroatoms. The predicted octanol–water partition coefficient (Wildman–Crippen LogP) is 3.10. The lowest BCUT2D eigenvalue weighted by atomic mass is 10.2. The first-order valence-electron chi connectivity index (χ1n) is 3.19. The third kappa shape index (κ3) is 1.98. The van der Waals surface area contributed by atoms with Gasteiger partial charge in [0.05, 0.1) is 0 Å². The lowest BCUT2D eigenvalue weighted by Gasteiger charge is -2.20. The number of allylic oxidation sites excluding steroid dienone is 1. The van der Waals surface area contributed by atoms with E-state index in [9.17, 15) is 0 Å². The van der Waals surface area contributed by atoms with Crippen LogP contribution in [0, 0.1) is 0 Å². The van der Waals surface area contributed by atoms with Crippen LogP contribution in [0.15, 0.2) is 11.1 Å². The van der Waals surface area contributed by atoms with Crippen molar-refractivity contribution < 1.29 is 0 Å². The van der Waals surface area contributed by atoms with Gasteiger partial charge in [-0.25, -0.2) is 0 Å². The molecule has 0 amide bonds. The number of rotatable bonds is 0. The Labute approximate surface area is 62.6 Å². The summed E-state index contributed by atoms with van der Waals surface area (Å²) in [5, 5.41) is 0. The molecule has 1 aliphatic rings. The molecular weight excluding hydrogens is 147 g/mol. The Morgan fingerprint density at radius 2 is 2.00 bits per heavy atom. The van der Waals surface area contributed by atoms with Crippen molar-refractivity contribution in [2.24, 2.45) is 0 Å². The van der Waals surface area contributed by atoms with E-state index in [2.05, 4.69) is 31.9 Å². The van der Waals surface area contributed by atoms with Crippen molar-refractivity contribution in [3.05, 3.63) is 11.1 Å². The molecule has 0 aromatic heterocycles. The van der Waals surface area contributed by atoms with Crippen LogP contribution in [0.25, 0.3) is 0 Å². The maximum Gasteiger partial charge on any atom is 0.0184 e. The molecule has 0 saturated heterocycles. The van der Waals surface area contributed by atoms with Crippen LogP contribution in [0.5, 0.6) is 0 Å².